The van der Waals surface area contributed by atoms with E-state index in [1.807, 2.05) is 0 Å². The molecule has 2 N–H and O–H groups in total. The molecule has 0 bridgehead atoms. The standard InChI is InChI=1S/C14H12F3NO/c15-14(16,17)13-8-11(18)7-6-10(13)9-19-12-4-2-1-3-5-12/h1-8H,9,18H2. The van der Waals surface area contributed by atoms with Gasteiger partial charge in [-0.2, -0.15) is 13.2 Å². The first-order valence-corrected chi connectivity index (χ1v) is 5.60. The maximum Gasteiger partial charge on any atom is 0.416 e. The number of rotatable bonds is 3. The number of benzene rings is 2. The minimum absolute atomic E-state index is 0.0607. The molecule has 0 saturated heterocycles. The number of nitrogens with two attached hydrogens (primary N) is 1. The fourth-order valence-electron chi connectivity index (χ4n) is 1.66. The summed E-state index contributed by atoms with van der Waals surface area (Å²) < 4.78 is 43.9. The molecule has 2 nitrogen and oxygen atoms in total. The molecule has 0 radical (unpaired) electrons. The molecule has 0 unspecified atom stereocenters. The molecule has 5 heteroatoms. The monoisotopic (exact) mass is 267 g/mol. The molecule has 0 aliphatic carbocycles. The van der Waals surface area contributed by atoms with Gasteiger partial charge in [0.2, 0.25) is 0 Å². The summed E-state index contributed by atoms with van der Waals surface area (Å²) in [5.74, 6) is 0.521. The summed E-state index contributed by atoms with van der Waals surface area (Å²) in [5.41, 5.74) is 4.77. The zero-order chi connectivity index (χ0) is 13.9. The van der Waals surface area contributed by atoms with Crippen LogP contribution >= 0.6 is 0 Å². The van der Waals surface area contributed by atoms with Crippen molar-refractivity contribution in [1.82, 2.24) is 0 Å². The normalized spacial score (nSPS) is 11.3. The van der Waals surface area contributed by atoms with Gasteiger partial charge in [0.15, 0.2) is 0 Å². The molecule has 0 aromatic heterocycles. The predicted octanol–water partition coefficient (Wildman–Crippen LogP) is 3.87. The summed E-state index contributed by atoms with van der Waals surface area (Å²) in [6, 6.07) is 12.4. The van der Waals surface area contributed by atoms with E-state index in [0.717, 1.165) is 6.07 Å². The lowest BCUT2D eigenvalue weighted by Gasteiger charge is -2.14. The van der Waals surface area contributed by atoms with Gasteiger partial charge in [-0.25, -0.2) is 0 Å². The molecule has 0 fully saturated rings. The van der Waals surface area contributed by atoms with E-state index < -0.39 is 11.7 Å². The summed E-state index contributed by atoms with van der Waals surface area (Å²) in [6.07, 6.45) is -4.44. The predicted molar refractivity (Wildman–Crippen MR) is 66.6 cm³/mol. The van der Waals surface area contributed by atoms with Crippen LogP contribution in [0.25, 0.3) is 0 Å². The SMILES string of the molecule is Nc1ccc(COc2ccccc2)c(C(F)(F)F)c1. The summed E-state index contributed by atoms with van der Waals surface area (Å²) >= 11 is 0. The van der Waals surface area contributed by atoms with E-state index in [-0.39, 0.29) is 17.9 Å². The van der Waals surface area contributed by atoms with Crippen LogP contribution in [0.1, 0.15) is 11.1 Å². The van der Waals surface area contributed by atoms with Gasteiger partial charge in [-0.3, -0.25) is 0 Å². The molecule has 0 amide bonds. The Balaban J connectivity index is 2.21. The van der Waals surface area contributed by atoms with Crippen LogP contribution in [0, 0.1) is 0 Å². The number of halogens is 3. The van der Waals surface area contributed by atoms with Crippen LogP contribution in [0.5, 0.6) is 5.75 Å². The Labute approximate surface area is 108 Å². The van der Waals surface area contributed by atoms with Crippen molar-refractivity contribution in [3.05, 3.63) is 59.7 Å². The Bertz CT molecular complexity index is 552. The summed E-state index contributed by atoms with van der Waals surface area (Å²) in [4.78, 5) is 0. The van der Waals surface area contributed by atoms with E-state index in [9.17, 15) is 13.2 Å². The highest BCUT2D eigenvalue weighted by Gasteiger charge is 2.33. The topological polar surface area (TPSA) is 35.2 Å². The summed E-state index contributed by atoms with van der Waals surface area (Å²) in [6.45, 7) is -0.154. The first kappa shape index (κ1) is 13.3. The van der Waals surface area contributed by atoms with E-state index in [2.05, 4.69) is 0 Å². The van der Waals surface area contributed by atoms with Crippen molar-refractivity contribution >= 4 is 5.69 Å². The van der Waals surface area contributed by atoms with Crippen molar-refractivity contribution in [2.75, 3.05) is 5.73 Å². The molecule has 0 aliphatic heterocycles. The van der Waals surface area contributed by atoms with Crippen molar-refractivity contribution in [1.29, 1.82) is 0 Å². The first-order chi connectivity index (χ1) is 8.97. The van der Waals surface area contributed by atoms with Crippen LogP contribution in [0.15, 0.2) is 48.5 Å². The summed E-state index contributed by atoms with van der Waals surface area (Å²) in [7, 11) is 0. The Kier molecular flexibility index (Phi) is 3.64. The zero-order valence-corrected chi connectivity index (χ0v) is 9.95. The van der Waals surface area contributed by atoms with Gasteiger partial charge in [0.1, 0.15) is 12.4 Å². The third-order valence-corrected chi connectivity index (χ3v) is 2.58. The lowest BCUT2D eigenvalue weighted by atomic mass is 10.1. The Morgan fingerprint density at radius 2 is 1.68 bits per heavy atom. The largest absolute Gasteiger partial charge is 0.489 e. The van der Waals surface area contributed by atoms with E-state index in [1.54, 1.807) is 30.3 Å². The van der Waals surface area contributed by atoms with E-state index in [1.165, 1.54) is 12.1 Å². The zero-order valence-electron chi connectivity index (χ0n) is 9.95. The van der Waals surface area contributed by atoms with Gasteiger partial charge in [0, 0.05) is 11.3 Å². The summed E-state index contributed by atoms with van der Waals surface area (Å²) in [5, 5.41) is 0. The van der Waals surface area contributed by atoms with Crippen LogP contribution in [0.2, 0.25) is 0 Å². The molecule has 0 spiro atoms. The van der Waals surface area contributed by atoms with Gasteiger partial charge in [0.05, 0.1) is 5.56 Å². The maximum atomic E-state index is 12.8. The molecule has 2 aromatic carbocycles. The van der Waals surface area contributed by atoms with Crippen molar-refractivity contribution in [2.45, 2.75) is 12.8 Å². The number of hydrogen-bond acceptors (Lipinski definition) is 2. The average molecular weight is 267 g/mol. The lowest BCUT2D eigenvalue weighted by Crippen LogP contribution is -2.11. The van der Waals surface area contributed by atoms with Gasteiger partial charge < -0.3 is 10.5 Å². The smallest absolute Gasteiger partial charge is 0.416 e. The Morgan fingerprint density at radius 1 is 1.00 bits per heavy atom. The fourth-order valence-corrected chi connectivity index (χ4v) is 1.66. The van der Waals surface area contributed by atoms with Crippen molar-refractivity contribution in [3.63, 3.8) is 0 Å². The Morgan fingerprint density at radius 3 is 2.32 bits per heavy atom. The number of para-hydroxylation sites is 1. The van der Waals surface area contributed by atoms with E-state index in [4.69, 9.17) is 10.5 Å². The van der Waals surface area contributed by atoms with Crippen LogP contribution in [0.3, 0.4) is 0 Å². The molecule has 2 aromatic rings. The molecule has 0 heterocycles. The molecule has 0 aliphatic rings. The van der Waals surface area contributed by atoms with Crippen LogP contribution in [-0.2, 0) is 12.8 Å². The number of alkyl halides is 3. The molecular formula is C14H12F3NO. The molecule has 100 valence electrons. The molecule has 0 atom stereocenters. The van der Waals surface area contributed by atoms with Gasteiger partial charge >= 0.3 is 6.18 Å². The van der Waals surface area contributed by atoms with E-state index >= 15 is 0 Å². The average Bonchev–Trinajstić information content (AvgIpc) is 2.37. The van der Waals surface area contributed by atoms with Gasteiger partial charge in [-0.15, -0.1) is 0 Å². The number of anilines is 1. The van der Waals surface area contributed by atoms with Gasteiger partial charge in [-0.1, -0.05) is 24.3 Å². The number of nitrogen functional groups attached to an aromatic ring is 1. The highest BCUT2D eigenvalue weighted by Crippen LogP contribution is 2.33. The van der Waals surface area contributed by atoms with Crippen LogP contribution in [0.4, 0.5) is 18.9 Å². The quantitative estimate of drug-likeness (QED) is 0.857. The van der Waals surface area contributed by atoms with Gasteiger partial charge in [-0.05, 0) is 24.3 Å². The third kappa shape index (κ3) is 3.40. The third-order valence-electron chi connectivity index (χ3n) is 2.58. The highest BCUT2D eigenvalue weighted by molar-refractivity contribution is 5.46. The maximum absolute atomic E-state index is 12.8. The fraction of sp³-hybridized carbons (Fsp3) is 0.143. The van der Waals surface area contributed by atoms with Gasteiger partial charge in [0.25, 0.3) is 0 Å². The van der Waals surface area contributed by atoms with Crippen molar-refractivity contribution in [2.24, 2.45) is 0 Å². The second-order valence-electron chi connectivity index (χ2n) is 4.02. The molecule has 0 saturated carbocycles. The van der Waals surface area contributed by atoms with E-state index in [0.29, 0.717) is 5.75 Å². The van der Waals surface area contributed by atoms with Crippen LogP contribution in [-0.4, -0.2) is 0 Å². The minimum atomic E-state index is -4.44. The molecule has 19 heavy (non-hydrogen) atoms. The van der Waals surface area contributed by atoms with Crippen LogP contribution < -0.4 is 10.5 Å². The lowest BCUT2D eigenvalue weighted by molar-refractivity contribution is -0.138. The minimum Gasteiger partial charge on any atom is -0.489 e. The van der Waals surface area contributed by atoms with Crippen molar-refractivity contribution < 1.29 is 17.9 Å². The second-order valence-corrected chi connectivity index (χ2v) is 4.02. The number of ether oxygens (including phenoxy) is 1. The number of hydrogen-bond donors (Lipinski definition) is 1. The molecule has 2 rings (SSSR count). The Hall–Kier alpha value is -2.17. The first-order valence-electron chi connectivity index (χ1n) is 5.60. The van der Waals surface area contributed by atoms with Crippen molar-refractivity contribution in [3.8, 4) is 5.75 Å². The second kappa shape index (κ2) is 5.22. The highest BCUT2D eigenvalue weighted by atomic mass is 19.4. The molecular weight excluding hydrogens is 255 g/mol.